The zero-order chi connectivity index (χ0) is 89.0. The number of hydrogen-bond donors (Lipinski definition) is 13. The normalized spacial score (nSPS) is 30.0. The average molecular weight is 1870 g/mol. The molecule has 0 bridgehead atoms. The molecular weight excluding hydrogens is 1770 g/mol. The van der Waals surface area contributed by atoms with Gasteiger partial charge in [0.25, 0.3) is 0 Å². The van der Waals surface area contributed by atoms with Crippen molar-refractivity contribution >= 4 is 143 Å². The third-order valence-electron chi connectivity index (χ3n) is 29.3. The highest BCUT2D eigenvalue weighted by Gasteiger charge is 2.61. The maximum atomic E-state index is 11.2. The number of aliphatic hydroxyl groups is 8. The van der Waals surface area contributed by atoms with Gasteiger partial charge < -0.3 is 102 Å². The lowest BCUT2D eigenvalue weighted by Crippen LogP contribution is -2.38. The number of benzene rings is 4. The molecule has 129 heavy (non-hydrogen) atoms. The fourth-order valence-corrected chi connectivity index (χ4v) is 22.9. The van der Waals surface area contributed by atoms with Crippen molar-refractivity contribution in [1.82, 2.24) is 78.4 Å². The van der Waals surface area contributed by atoms with Crippen LogP contribution in [0.1, 0.15) is 139 Å². The van der Waals surface area contributed by atoms with E-state index >= 15 is 0 Å². The third kappa shape index (κ3) is 14.7. The van der Waals surface area contributed by atoms with E-state index in [2.05, 4.69) is 104 Å². The molecule has 4 aliphatic heterocycles. The molecule has 33 heteroatoms. The van der Waals surface area contributed by atoms with Gasteiger partial charge in [0.1, 0.15) is 89.3 Å². The maximum absolute atomic E-state index is 11.2. The van der Waals surface area contributed by atoms with Crippen LogP contribution >= 0.6 is 31.9 Å². The van der Waals surface area contributed by atoms with Crippen molar-refractivity contribution in [2.45, 2.75) is 169 Å². The van der Waals surface area contributed by atoms with E-state index in [9.17, 15) is 40.9 Å². The second kappa shape index (κ2) is 32.7. The lowest BCUT2D eigenvalue weighted by Gasteiger charge is -2.27. The molecule has 4 saturated carbocycles. The van der Waals surface area contributed by atoms with Gasteiger partial charge in [0.2, 0.25) is 0 Å². The van der Waals surface area contributed by atoms with E-state index in [1.807, 2.05) is 185 Å². The van der Waals surface area contributed by atoms with Crippen molar-refractivity contribution in [3.05, 3.63) is 244 Å². The van der Waals surface area contributed by atoms with Crippen molar-refractivity contribution in [1.29, 1.82) is 0 Å². The number of nitrogen functional groups attached to an aromatic ring is 4. The van der Waals surface area contributed by atoms with Crippen LogP contribution in [0.15, 0.2) is 205 Å². The molecule has 4 saturated heterocycles. The fraction of sp³-hybridized carbons (Fsp3) is 0.365. The molecule has 8 aliphatic rings. The van der Waals surface area contributed by atoms with Gasteiger partial charge >= 0.3 is 0 Å². The minimum Gasteiger partial charge on any atom is -0.390 e. The number of nitrogens with two attached hydrogens (primary N) is 4. The Morgan fingerprint density at radius 1 is 0.357 bits per heavy atom. The quantitative estimate of drug-likeness (QED) is 0.0672. The van der Waals surface area contributed by atoms with Crippen LogP contribution in [0.4, 0.5) is 23.3 Å². The lowest BCUT2D eigenvalue weighted by molar-refractivity contribution is -0.0309. The summed E-state index contributed by atoms with van der Waals surface area (Å²) in [5, 5.41) is 100. The summed E-state index contributed by atoms with van der Waals surface area (Å²) in [6.07, 6.45) is 11.7. The van der Waals surface area contributed by atoms with Crippen LogP contribution < -0.4 is 28.3 Å². The average Bonchev–Trinajstić information content (AvgIpc) is 1.59. The summed E-state index contributed by atoms with van der Waals surface area (Å²) < 4.78 is 28.0. The van der Waals surface area contributed by atoms with Crippen molar-refractivity contribution in [3.63, 3.8) is 0 Å². The molecule has 4 aliphatic carbocycles. The number of aliphatic hydroxyl groups excluding tert-OH is 8. The van der Waals surface area contributed by atoms with Gasteiger partial charge in [-0.25, -0.2) is 54.8 Å². The Hall–Kier alpha value is -11.3. The molecule has 0 radical (unpaired) electrons. The molecule has 16 heterocycles. The SMILES string of the molecule is Cc1ncnc2c1ccn2C1CC2(CNC(c3ccc4cc(Br)c(N)nc4c3)C2)C(O)C1O.Cc1ncnc2c1ccn2C1CC2(COC(c3ccc4cc(Br)c(N)nc4c3)C2)C(O)C1O.Cc1ncnc2c1ccn2C1CC2(COC(c3ccc4ccc(N)nc4c3)C2)C(O)C1O.Nc1ccc2ccc(C3CC4(CO3)CC(n3ccc5cccnc53)C(O)C4O)cc2n1. The number of hydrogen-bond acceptors (Lipinski definition) is 27. The number of halogens is 2. The van der Waals surface area contributed by atoms with Crippen LogP contribution in [-0.4, -0.2) is 189 Å². The standard InChI is InChI=1S/C24H25BrN6O2.C24H24BrN5O3.C24H25N5O3.C24H24N4O3/c1-12-15-4-5-31(23(15)29-11-28-12)19-9-24(21(33)20(19)32)8-18(27-10-24)14-3-2-13-6-16(25)22(26)30-17(13)7-14;1-12-15-4-5-30(23(15)28-11-27-12)18-8-24(21(32)20(18)31)9-19(33-10-24)14-3-2-13-6-16(25)22(26)29-17(13)7-14;1-13-16-6-7-29(23(16)27-12-26-13)18-9-24(22(31)21(18)30)10-19(32-11-24)15-3-2-14-4-5-20(25)28-17(14)8-15;25-20-6-5-14-3-4-16(10-17(14)27-20)19-12-24(13-31-19)11-18(21(29)22(24)30)28-9-7-15-2-1-8-26-23(15)28/h2-7,11,18-21,27,32-33H,8-10H2,1H3,(H2,26,30);2-7,11,18-21,31-32H,8-10H2,1H3,(H2,26,29);2-8,12,18-19,21-22,30-31H,9-11H2,1H3,(H2,25,28);1-10,18-19,21-22,29-30H,11-13H2,(H2,25,27). The number of aryl methyl sites for hydroxylation is 3. The number of rotatable bonds is 8. The van der Waals surface area contributed by atoms with E-state index < -0.39 is 70.5 Å². The van der Waals surface area contributed by atoms with Gasteiger partial charge in [-0.15, -0.1) is 0 Å². The Balaban J connectivity index is 0.000000104. The molecule has 12 aromatic heterocycles. The summed E-state index contributed by atoms with van der Waals surface area (Å²) in [6.45, 7) is 7.64. The third-order valence-corrected chi connectivity index (χ3v) is 30.6. The molecule has 4 aromatic carbocycles. The minimum absolute atomic E-state index is 0.0626. The van der Waals surface area contributed by atoms with E-state index in [0.717, 1.165) is 142 Å². The van der Waals surface area contributed by atoms with Crippen molar-refractivity contribution < 1.29 is 55.1 Å². The monoisotopic (exact) mass is 1860 g/mol. The van der Waals surface area contributed by atoms with Crippen LogP contribution in [0, 0.1) is 42.4 Å². The van der Waals surface area contributed by atoms with Crippen LogP contribution in [0.3, 0.4) is 0 Å². The Bertz CT molecular complexity index is 6850. The van der Waals surface area contributed by atoms with E-state index in [1.165, 1.54) is 12.7 Å². The molecule has 4 spiro atoms. The summed E-state index contributed by atoms with van der Waals surface area (Å²) in [6, 6.07) is 46.6. The smallest absolute Gasteiger partial charge is 0.143 e. The Morgan fingerprint density at radius 3 is 1.12 bits per heavy atom. The fourth-order valence-electron chi connectivity index (χ4n) is 22.2. The molecular formula is C96H98Br2N20O11. The lowest BCUT2D eigenvalue weighted by atomic mass is 9.80. The molecule has 31 nitrogen and oxygen atoms in total. The van der Waals surface area contributed by atoms with E-state index in [4.69, 9.17) is 37.1 Å². The van der Waals surface area contributed by atoms with Crippen LogP contribution in [-0.2, 0) is 14.2 Å². The zero-order valence-electron chi connectivity index (χ0n) is 70.8. The number of anilines is 4. The molecule has 17 N–H and O–H groups in total. The highest BCUT2D eigenvalue weighted by Crippen LogP contribution is 2.60. The topological polar surface area (TPSA) is 467 Å². The summed E-state index contributed by atoms with van der Waals surface area (Å²) in [4.78, 5) is 48.4. The van der Waals surface area contributed by atoms with Gasteiger partial charge in [-0.1, -0.05) is 48.5 Å². The van der Waals surface area contributed by atoms with Crippen molar-refractivity contribution in [2.75, 3.05) is 49.3 Å². The second-order valence-corrected chi connectivity index (χ2v) is 38.5. The summed E-state index contributed by atoms with van der Waals surface area (Å²) >= 11 is 6.85. The zero-order valence-corrected chi connectivity index (χ0v) is 73.9. The predicted octanol–water partition coefficient (Wildman–Crippen LogP) is 12.1. The van der Waals surface area contributed by atoms with Crippen LogP contribution in [0.5, 0.6) is 0 Å². The second-order valence-electron chi connectivity index (χ2n) is 36.8. The summed E-state index contributed by atoms with van der Waals surface area (Å²) in [5.74, 6) is 1.87. The van der Waals surface area contributed by atoms with Gasteiger partial charge in [-0.3, -0.25) is 0 Å². The number of ether oxygens (including phenoxy) is 3. The first kappa shape index (κ1) is 84.6. The molecule has 20 atom stereocenters. The Labute approximate surface area is 755 Å². The maximum Gasteiger partial charge on any atom is 0.143 e. The molecule has 16 aromatic rings. The largest absolute Gasteiger partial charge is 0.390 e. The highest BCUT2D eigenvalue weighted by atomic mass is 79.9. The Kier molecular flexibility index (Phi) is 21.4. The van der Waals surface area contributed by atoms with Gasteiger partial charge in [0, 0.05) is 108 Å². The first-order valence-electron chi connectivity index (χ1n) is 43.5. The number of fused-ring (bicyclic) bond motifs is 8. The number of nitrogens with one attached hydrogen (secondary N) is 1. The van der Waals surface area contributed by atoms with Crippen LogP contribution in [0.2, 0.25) is 0 Å². The molecule has 662 valence electrons. The number of nitrogens with zero attached hydrogens (tertiary/aromatic N) is 15. The minimum atomic E-state index is -0.909. The van der Waals surface area contributed by atoms with Gasteiger partial charge in [0.05, 0.1) is 135 Å². The van der Waals surface area contributed by atoms with Crippen molar-refractivity contribution in [2.24, 2.45) is 21.7 Å². The van der Waals surface area contributed by atoms with E-state index in [1.54, 1.807) is 24.7 Å². The first-order valence-corrected chi connectivity index (χ1v) is 45.1. The summed E-state index contributed by atoms with van der Waals surface area (Å²) in [7, 11) is 0. The number of aromatic nitrogens is 15. The number of pyridine rings is 5. The summed E-state index contributed by atoms with van der Waals surface area (Å²) in [5.41, 5.74) is 34.9. The molecule has 20 unspecified atom stereocenters. The Morgan fingerprint density at radius 2 is 0.705 bits per heavy atom. The van der Waals surface area contributed by atoms with Gasteiger partial charge in [0.15, 0.2) is 0 Å². The van der Waals surface area contributed by atoms with Crippen LogP contribution in [0.25, 0.3) is 87.7 Å². The highest BCUT2D eigenvalue weighted by molar-refractivity contribution is 9.11. The molecule has 24 rings (SSSR count). The van der Waals surface area contributed by atoms with E-state index in [0.29, 0.717) is 94.6 Å². The molecule has 0 amide bonds. The molecule has 8 fully saturated rings. The predicted molar refractivity (Wildman–Crippen MR) is 494 cm³/mol. The first-order chi connectivity index (χ1) is 62.2. The van der Waals surface area contributed by atoms with Crippen molar-refractivity contribution in [3.8, 4) is 0 Å². The van der Waals surface area contributed by atoms with Gasteiger partial charge in [-0.2, -0.15) is 0 Å². The van der Waals surface area contributed by atoms with E-state index in [-0.39, 0.29) is 48.5 Å². The van der Waals surface area contributed by atoms with Gasteiger partial charge in [-0.05, 0) is 223 Å².